The first-order chi connectivity index (χ1) is 23.2. The van der Waals surface area contributed by atoms with Crippen molar-refractivity contribution in [1.29, 1.82) is 0 Å². The largest absolute Gasteiger partial charge is 0.0839 e. The summed E-state index contributed by atoms with van der Waals surface area (Å²) in [5, 5.41) is 8.90. The van der Waals surface area contributed by atoms with Gasteiger partial charge in [0.25, 0.3) is 0 Å². The Morgan fingerprint density at radius 1 is 0.702 bits per heavy atom. The molecule has 0 fully saturated rings. The van der Waals surface area contributed by atoms with Crippen LogP contribution in [0.5, 0.6) is 0 Å². The first-order valence-corrected chi connectivity index (χ1v) is 18.1. The van der Waals surface area contributed by atoms with E-state index in [-0.39, 0.29) is 5.41 Å². The summed E-state index contributed by atoms with van der Waals surface area (Å²) in [4.78, 5) is 0. The second-order valence-electron chi connectivity index (χ2n) is 15.0. The van der Waals surface area contributed by atoms with Gasteiger partial charge in [-0.15, -0.1) is 0 Å². The molecule has 7 aliphatic rings. The van der Waals surface area contributed by atoms with Crippen LogP contribution in [0.1, 0.15) is 81.4 Å². The summed E-state index contributed by atoms with van der Waals surface area (Å²) in [6, 6.07) is 16.4. The van der Waals surface area contributed by atoms with E-state index in [0.717, 1.165) is 32.1 Å². The molecule has 0 radical (unpaired) electrons. The van der Waals surface area contributed by atoms with Crippen molar-refractivity contribution < 1.29 is 0 Å². The van der Waals surface area contributed by atoms with E-state index in [4.69, 9.17) is 0 Å². The van der Waals surface area contributed by atoms with Gasteiger partial charge in [-0.1, -0.05) is 128 Å². The summed E-state index contributed by atoms with van der Waals surface area (Å²) in [5.41, 5.74) is 14.0. The van der Waals surface area contributed by atoms with Gasteiger partial charge in [0.2, 0.25) is 0 Å². The van der Waals surface area contributed by atoms with Crippen molar-refractivity contribution in [2.24, 2.45) is 11.8 Å². The molecule has 3 aromatic rings. The second kappa shape index (κ2) is 10.5. The molecule has 0 aromatic heterocycles. The van der Waals surface area contributed by atoms with Gasteiger partial charge in [0, 0.05) is 11.3 Å². The molecule has 0 heteroatoms. The summed E-state index contributed by atoms with van der Waals surface area (Å²) in [7, 11) is 0. The summed E-state index contributed by atoms with van der Waals surface area (Å²) < 4.78 is 0. The number of rotatable bonds is 3. The molecule has 7 aliphatic carbocycles. The monoisotopic (exact) mass is 606 g/mol. The van der Waals surface area contributed by atoms with E-state index in [2.05, 4.69) is 122 Å². The Balaban J connectivity index is 1.13. The molecule has 0 bridgehead atoms. The minimum Gasteiger partial charge on any atom is -0.0839 e. The third-order valence-corrected chi connectivity index (χ3v) is 12.6. The fourth-order valence-electron chi connectivity index (χ4n) is 10.3. The predicted molar refractivity (Wildman–Crippen MR) is 200 cm³/mol. The number of fused-ring (bicyclic) bond motifs is 6. The lowest BCUT2D eigenvalue weighted by molar-refractivity contribution is 0.520. The first kappa shape index (κ1) is 27.7. The van der Waals surface area contributed by atoms with Crippen molar-refractivity contribution in [3.63, 3.8) is 0 Å². The lowest BCUT2D eigenvalue weighted by atomic mass is 9.71. The van der Waals surface area contributed by atoms with Crippen molar-refractivity contribution in [2.75, 3.05) is 0 Å². The minimum absolute atomic E-state index is 0.0957. The molecule has 3 unspecified atom stereocenters. The van der Waals surface area contributed by atoms with Gasteiger partial charge in [-0.05, 0) is 140 Å². The van der Waals surface area contributed by atoms with Gasteiger partial charge in [0.1, 0.15) is 0 Å². The Morgan fingerprint density at radius 2 is 1.49 bits per heavy atom. The Bertz CT molecular complexity index is 2390. The van der Waals surface area contributed by atoms with Crippen LogP contribution in [-0.2, 0) is 5.41 Å². The van der Waals surface area contributed by atoms with Gasteiger partial charge in [-0.3, -0.25) is 0 Å². The van der Waals surface area contributed by atoms with Crippen LogP contribution in [0, 0.1) is 11.8 Å². The Morgan fingerprint density at radius 3 is 2.30 bits per heavy atom. The second-order valence-corrected chi connectivity index (χ2v) is 15.0. The third kappa shape index (κ3) is 4.07. The Kier molecular flexibility index (Phi) is 6.21. The zero-order valence-corrected chi connectivity index (χ0v) is 27.5. The fraction of sp³-hybridized carbons (Fsp3) is 0.277. The number of hydrogen-bond acceptors (Lipinski definition) is 0. The molecule has 47 heavy (non-hydrogen) atoms. The van der Waals surface area contributed by atoms with Gasteiger partial charge < -0.3 is 0 Å². The summed E-state index contributed by atoms with van der Waals surface area (Å²) in [5.74, 6) is 1.20. The van der Waals surface area contributed by atoms with Crippen LogP contribution in [0.2, 0.25) is 0 Å². The highest BCUT2D eigenvalue weighted by atomic mass is 14.5. The van der Waals surface area contributed by atoms with Gasteiger partial charge >= 0.3 is 0 Å². The molecule has 0 heterocycles. The Hall–Kier alpha value is -4.42. The molecule has 0 aliphatic heterocycles. The molecule has 0 spiro atoms. The fourth-order valence-corrected chi connectivity index (χ4v) is 10.3. The van der Waals surface area contributed by atoms with Gasteiger partial charge in [0.15, 0.2) is 0 Å². The highest BCUT2D eigenvalue weighted by molar-refractivity contribution is 6.02. The lowest BCUT2D eigenvalue weighted by Crippen LogP contribution is -2.35. The molecule has 0 saturated heterocycles. The van der Waals surface area contributed by atoms with E-state index in [9.17, 15) is 0 Å². The molecule has 230 valence electrons. The standard InChI is InChI=1S/C47H42/c1-47-28-9-8-18-42(47)41-27-26-35(36-17-10-19-43(47)46(36)41)31-21-23-32(24-22-31)44-37-13-4-6-15-39(37)45(40-16-7-5-14-38(40)44)34-25-20-30-11-2-3-12-33(30)29-34/h2-4,6,8-10,12-19,21,23,28-30,42H,5,7,11,20,22,24-27H2,1H3. The molecule has 0 N–H and O–H groups in total. The average Bonchev–Trinajstić information content (AvgIpc) is 3.39. The van der Waals surface area contributed by atoms with Crippen LogP contribution >= 0.6 is 0 Å². The van der Waals surface area contributed by atoms with E-state index in [0.29, 0.717) is 11.8 Å². The first-order valence-electron chi connectivity index (χ1n) is 18.1. The van der Waals surface area contributed by atoms with Gasteiger partial charge in [0.05, 0.1) is 0 Å². The van der Waals surface area contributed by atoms with Crippen molar-refractivity contribution in [3.8, 4) is 0 Å². The average molecular weight is 607 g/mol. The van der Waals surface area contributed by atoms with E-state index >= 15 is 0 Å². The van der Waals surface area contributed by atoms with Crippen molar-refractivity contribution in [3.05, 3.63) is 152 Å². The van der Waals surface area contributed by atoms with Gasteiger partial charge in [-0.2, -0.15) is 0 Å². The van der Waals surface area contributed by atoms with Crippen LogP contribution in [0.15, 0.2) is 114 Å². The maximum absolute atomic E-state index is 2.55. The topological polar surface area (TPSA) is 0 Å². The van der Waals surface area contributed by atoms with E-state index in [1.807, 2.05) is 0 Å². The number of benzene rings is 3. The zero-order valence-electron chi connectivity index (χ0n) is 27.5. The van der Waals surface area contributed by atoms with Crippen molar-refractivity contribution in [2.45, 2.75) is 70.1 Å². The van der Waals surface area contributed by atoms with E-state index in [1.54, 1.807) is 21.9 Å². The van der Waals surface area contributed by atoms with Crippen LogP contribution in [0.4, 0.5) is 0 Å². The molecule has 3 aromatic carbocycles. The quantitative estimate of drug-likeness (QED) is 0.280. The molecule has 0 saturated carbocycles. The molecular formula is C47H42. The van der Waals surface area contributed by atoms with E-state index < -0.39 is 0 Å². The molecule has 3 atom stereocenters. The molecule has 0 amide bonds. The molecule has 0 nitrogen and oxygen atoms in total. The van der Waals surface area contributed by atoms with Crippen molar-refractivity contribution >= 4 is 45.2 Å². The SMILES string of the molecule is CC12C=CC=CC1C1=c3c2cccc3=C(C2=CC=C(c3c4c(c(C5=CC6=CC=CCC6CC5)c5ccccc35)=CCCC=4)CC2)CC1. The van der Waals surface area contributed by atoms with Crippen molar-refractivity contribution in [1.82, 2.24) is 0 Å². The Labute approximate surface area is 278 Å². The third-order valence-electron chi connectivity index (χ3n) is 12.6. The summed E-state index contributed by atoms with van der Waals surface area (Å²) in [6.45, 7) is 2.45. The van der Waals surface area contributed by atoms with Gasteiger partial charge in [-0.25, -0.2) is 0 Å². The summed E-state index contributed by atoms with van der Waals surface area (Å²) >= 11 is 0. The normalized spacial score (nSPS) is 26.7. The highest BCUT2D eigenvalue weighted by Gasteiger charge is 2.42. The molecular weight excluding hydrogens is 565 g/mol. The number of allylic oxidation sites excluding steroid dienone is 14. The van der Waals surface area contributed by atoms with Crippen LogP contribution in [0.25, 0.3) is 45.2 Å². The maximum Gasteiger partial charge on any atom is 0.0213 e. The lowest BCUT2D eigenvalue weighted by Gasteiger charge is -2.32. The summed E-state index contributed by atoms with van der Waals surface area (Å²) in [6.07, 6.45) is 39.4. The zero-order chi connectivity index (χ0) is 31.1. The predicted octanol–water partition coefficient (Wildman–Crippen LogP) is 8.79. The molecule has 10 rings (SSSR count). The maximum atomic E-state index is 2.55. The van der Waals surface area contributed by atoms with Crippen LogP contribution in [-0.4, -0.2) is 0 Å². The number of hydrogen-bond donors (Lipinski definition) is 0. The van der Waals surface area contributed by atoms with E-state index in [1.165, 1.54) is 85.5 Å². The smallest absolute Gasteiger partial charge is 0.0213 e. The highest BCUT2D eigenvalue weighted by Crippen LogP contribution is 2.47. The van der Waals surface area contributed by atoms with Crippen LogP contribution in [0.3, 0.4) is 0 Å². The van der Waals surface area contributed by atoms with Crippen LogP contribution < -0.4 is 20.9 Å². The minimum atomic E-state index is 0.0957.